The van der Waals surface area contributed by atoms with Crippen LogP contribution in [0.1, 0.15) is 65.6 Å². The first-order valence-electron chi connectivity index (χ1n) is 10.1. The highest BCUT2D eigenvalue weighted by Gasteiger charge is 2.23. The summed E-state index contributed by atoms with van der Waals surface area (Å²) in [6.45, 7) is 14.6. The molecular weight excluding hydrogens is 332 g/mol. The van der Waals surface area contributed by atoms with E-state index in [9.17, 15) is 4.79 Å². The summed E-state index contributed by atoms with van der Waals surface area (Å²) in [6.07, 6.45) is 3.79. The molecule has 1 aromatic heterocycles. The molecule has 0 radical (unpaired) electrons. The molecule has 1 atom stereocenters. The molecule has 2 rings (SSSR count). The minimum absolute atomic E-state index is 0.194. The Labute approximate surface area is 165 Å². The van der Waals surface area contributed by atoms with Crippen LogP contribution in [0.3, 0.4) is 0 Å². The lowest BCUT2D eigenvalue weighted by molar-refractivity contribution is -0.134. The van der Waals surface area contributed by atoms with E-state index in [1.54, 1.807) is 0 Å². The number of carbonyl (C=O) groups excluding carboxylic acids is 1. The van der Waals surface area contributed by atoms with Gasteiger partial charge in [-0.2, -0.15) is 0 Å². The number of hydrogen-bond donors (Lipinski definition) is 0. The Kier molecular flexibility index (Phi) is 7.29. The molecule has 0 aliphatic heterocycles. The van der Waals surface area contributed by atoms with Crippen molar-refractivity contribution < 1.29 is 4.79 Å². The third kappa shape index (κ3) is 6.89. The molecule has 0 fully saturated rings. The predicted molar refractivity (Wildman–Crippen MR) is 114 cm³/mol. The van der Waals surface area contributed by atoms with Crippen molar-refractivity contribution in [2.24, 2.45) is 11.3 Å². The quantitative estimate of drug-likeness (QED) is 0.583. The van der Waals surface area contributed by atoms with Crippen molar-refractivity contribution in [1.82, 2.24) is 9.47 Å². The molecule has 0 bridgehead atoms. The summed E-state index contributed by atoms with van der Waals surface area (Å²) in [6, 6.07) is 14.9. The van der Waals surface area contributed by atoms with Crippen molar-refractivity contribution in [2.75, 3.05) is 0 Å². The number of amides is 1. The molecule has 0 aliphatic rings. The molecule has 0 aliphatic carbocycles. The molecule has 1 aromatic carbocycles. The molecule has 3 heteroatoms. The van der Waals surface area contributed by atoms with Crippen molar-refractivity contribution in [3.8, 4) is 0 Å². The Morgan fingerprint density at radius 3 is 2.30 bits per heavy atom. The van der Waals surface area contributed by atoms with E-state index < -0.39 is 0 Å². The zero-order valence-corrected chi connectivity index (χ0v) is 17.9. The molecule has 148 valence electrons. The van der Waals surface area contributed by atoms with Gasteiger partial charge in [-0.3, -0.25) is 4.79 Å². The Bertz CT molecular complexity index is 709. The van der Waals surface area contributed by atoms with Crippen molar-refractivity contribution in [3.05, 3.63) is 59.9 Å². The highest BCUT2D eigenvalue weighted by Crippen LogP contribution is 2.27. The molecule has 0 unspecified atom stereocenters. The van der Waals surface area contributed by atoms with E-state index in [1.165, 1.54) is 11.3 Å². The Hall–Kier alpha value is -2.03. The van der Waals surface area contributed by atoms with Gasteiger partial charge < -0.3 is 9.47 Å². The van der Waals surface area contributed by atoms with Crippen molar-refractivity contribution in [2.45, 2.75) is 73.5 Å². The normalized spacial score (nSPS) is 13.0. The van der Waals surface area contributed by atoms with Gasteiger partial charge >= 0.3 is 0 Å². The van der Waals surface area contributed by atoms with Gasteiger partial charge in [0.05, 0.1) is 6.54 Å². The molecule has 0 spiro atoms. The van der Waals surface area contributed by atoms with Gasteiger partial charge in [0.2, 0.25) is 5.91 Å². The summed E-state index contributed by atoms with van der Waals surface area (Å²) in [5.41, 5.74) is 2.72. The predicted octanol–water partition coefficient (Wildman–Crippen LogP) is 5.74. The number of nitrogens with zero attached hydrogens (tertiary/aromatic N) is 2. The molecule has 1 heterocycles. The van der Waals surface area contributed by atoms with E-state index in [0.717, 1.165) is 13.0 Å². The summed E-state index contributed by atoms with van der Waals surface area (Å²) < 4.78 is 2.25. The average Bonchev–Trinajstić information content (AvgIpc) is 2.98. The second-order valence-electron chi connectivity index (χ2n) is 9.30. The van der Waals surface area contributed by atoms with Crippen LogP contribution in [0.15, 0.2) is 48.7 Å². The lowest BCUT2D eigenvalue weighted by atomic mass is 9.84. The maximum Gasteiger partial charge on any atom is 0.223 e. The number of carbonyl (C=O) groups is 1. The van der Waals surface area contributed by atoms with Crippen LogP contribution in [0.2, 0.25) is 0 Å². The second kappa shape index (κ2) is 9.25. The molecular formula is C24H36N2O. The first-order valence-corrected chi connectivity index (χ1v) is 10.1. The van der Waals surface area contributed by atoms with E-state index in [4.69, 9.17) is 0 Å². The summed E-state index contributed by atoms with van der Waals surface area (Å²) in [5, 5.41) is 0. The van der Waals surface area contributed by atoms with Crippen molar-refractivity contribution >= 4 is 5.91 Å². The van der Waals surface area contributed by atoms with Crippen molar-refractivity contribution in [1.29, 1.82) is 0 Å². The van der Waals surface area contributed by atoms with Gasteiger partial charge in [-0.15, -0.1) is 0 Å². The van der Waals surface area contributed by atoms with Gasteiger partial charge in [-0.1, -0.05) is 58.0 Å². The molecule has 0 N–H and O–H groups in total. The monoisotopic (exact) mass is 368 g/mol. The van der Waals surface area contributed by atoms with E-state index in [-0.39, 0.29) is 17.4 Å². The van der Waals surface area contributed by atoms with Crippen LogP contribution in [0, 0.1) is 11.3 Å². The zero-order valence-electron chi connectivity index (χ0n) is 17.9. The van der Waals surface area contributed by atoms with Crippen LogP contribution in [0.25, 0.3) is 0 Å². The second-order valence-corrected chi connectivity index (χ2v) is 9.30. The van der Waals surface area contributed by atoms with Gasteiger partial charge in [0, 0.05) is 30.9 Å². The van der Waals surface area contributed by atoms with Gasteiger partial charge in [0.1, 0.15) is 0 Å². The first-order chi connectivity index (χ1) is 12.7. The number of rotatable bonds is 8. The zero-order chi connectivity index (χ0) is 20.0. The topological polar surface area (TPSA) is 25.2 Å². The first kappa shape index (κ1) is 21.3. The summed E-state index contributed by atoms with van der Waals surface area (Å²) in [5.74, 6) is 0.657. The molecule has 2 aromatic rings. The Morgan fingerprint density at radius 1 is 1.04 bits per heavy atom. The molecule has 1 amide bonds. The van der Waals surface area contributed by atoms with E-state index >= 15 is 0 Å². The summed E-state index contributed by atoms with van der Waals surface area (Å²) in [7, 11) is 0. The van der Waals surface area contributed by atoms with Gasteiger partial charge in [0.15, 0.2) is 0 Å². The molecule has 27 heavy (non-hydrogen) atoms. The van der Waals surface area contributed by atoms with Gasteiger partial charge in [-0.25, -0.2) is 0 Å². The van der Waals surface area contributed by atoms with Crippen LogP contribution in [0.4, 0.5) is 0 Å². The number of benzene rings is 1. The van der Waals surface area contributed by atoms with E-state index in [0.29, 0.717) is 18.9 Å². The highest BCUT2D eigenvalue weighted by atomic mass is 16.2. The minimum Gasteiger partial charge on any atom is -0.345 e. The summed E-state index contributed by atoms with van der Waals surface area (Å²) in [4.78, 5) is 15.0. The van der Waals surface area contributed by atoms with E-state index in [1.807, 2.05) is 11.0 Å². The maximum absolute atomic E-state index is 13.0. The molecule has 0 saturated carbocycles. The Balaban J connectivity index is 2.06. The lowest BCUT2D eigenvalue weighted by Gasteiger charge is -2.30. The SMILES string of the molecule is CC(C)N(Cc1cccn1Cc1ccccc1)C(=O)C[C@H](C)CC(C)(C)C. The fourth-order valence-electron chi connectivity index (χ4n) is 3.79. The van der Waals surface area contributed by atoms with Crippen molar-refractivity contribution in [3.63, 3.8) is 0 Å². The van der Waals surface area contributed by atoms with Gasteiger partial charge in [-0.05, 0) is 49.3 Å². The fraction of sp³-hybridized carbons (Fsp3) is 0.542. The van der Waals surface area contributed by atoms with Crippen LogP contribution in [0.5, 0.6) is 0 Å². The largest absolute Gasteiger partial charge is 0.345 e. The van der Waals surface area contributed by atoms with Crippen LogP contribution in [-0.2, 0) is 17.9 Å². The molecule has 3 nitrogen and oxygen atoms in total. The van der Waals surface area contributed by atoms with Crippen LogP contribution in [-0.4, -0.2) is 21.4 Å². The van der Waals surface area contributed by atoms with Gasteiger partial charge in [0.25, 0.3) is 0 Å². The third-order valence-corrected chi connectivity index (χ3v) is 4.88. The third-order valence-electron chi connectivity index (χ3n) is 4.88. The van der Waals surface area contributed by atoms with E-state index in [2.05, 4.69) is 88.7 Å². The number of hydrogen-bond acceptors (Lipinski definition) is 1. The lowest BCUT2D eigenvalue weighted by Crippen LogP contribution is -2.38. The highest BCUT2D eigenvalue weighted by molar-refractivity contribution is 5.76. The summed E-state index contributed by atoms with van der Waals surface area (Å²) >= 11 is 0. The Morgan fingerprint density at radius 2 is 1.70 bits per heavy atom. The minimum atomic E-state index is 0.194. The van der Waals surface area contributed by atoms with Crippen LogP contribution < -0.4 is 0 Å². The fourth-order valence-corrected chi connectivity index (χ4v) is 3.79. The van der Waals surface area contributed by atoms with Crippen LogP contribution >= 0.6 is 0 Å². The average molecular weight is 369 g/mol. The standard InChI is InChI=1S/C24H36N2O/c1-19(2)26(23(27)15-20(3)16-24(4,5)6)18-22-13-10-14-25(22)17-21-11-8-7-9-12-21/h7-14,19-20H,15-18H2,1-6H3/t20-/m0/s1. The smallest absolute Gasteiger partial charge is 0.223 e. The molecule has 0 saturated heterocycles. The maximum atomic E-state index is 13.0. The number of aromatic nitrogens is 1.